The number of rotatable bonds is 28. The van der Waals surface area contributed by atoms with E-state index in [4.69, 9.17) is 28.8 Å². The summed E-state index contributed by atoms with van der Waals surface area (Å²) in [6, 6.07) is 0. The molecular formula is C30H59O7. The molecule has 0 aromatic heterocycles. The van der Waals surface area contributed by atoms with Gasteiger partial charge in [0.05, 0.1) is 56.9 Å². The summed E-state index contributed by atoms with van der Waals surface area (Å²) in [7, 11) is 0. The lowest BCUT2D eigenvalue weighted by Gasteiger charge is -2.22. The number of carbonyl (C=O) groups is 1. The lowest BCUT2D eigenvalue weighted by molar-refractivity contribution is -0.137. The average Bonchev–Trinajstić information content (AvgIpc) is 2.87. The first-order chi connectivity index (χ1) is 17.7. The quantitative estimate of drug-likeness (QED) is 0.109. The van der Waals surface area contributed by atoms with Crippen molar-refractivity contribution >= 4 is 5.97 Å². The van der Waals surface area contributed by atoms with Crippen molar-refractivity contribution in [3.05, 3.63) is 6.42 Å². The van der Waals surface area contributed by atoms with Gasteiger partial charge >= 0.3 is 5.97 Å². The summed E-state index contributed by atoms with van der Waals surface area (Å²) in [5.41, 5.74) is 0. The van der Waals surface area contributed by atoms with Gasteiger partial charge in [-0.2, -0.15) is 0 Å². The maximum absolute atomic E-state index is 10.5. The minimum Gasteiger partial charge on any atom is -0.481 e. The van der Waals surface area contributed by atoms with Crippen LogP contribution in [-0.4, -0.2) is 74.6 Å². The van der Waals surface area contributed by atoms with E-state index in [1.165, 1.54) is 51.4 Å². The van der Waals surface area contributed by atoms with Crippen molar-refractivity contribution < 1.29 is 33.6 Å². The third-order valence-electron chi connectivity index (χ3n) is 6.26. The lowest BCUT2D eigenvalue weighted by atomic mass is 10.0. The fraction of sp³-hybridized carbons (Fsp3) is 0.933. The van der Waals surface area contributed by atoms with Gasteiger partial charge in [-0.25, -0.2) is 0 Å². The summed E-state index contributed by atoms with van der Waals surface area (Å²) >= 11 is 0. The van der Waals surface area contributed by atoms with Gasteiger partial charge in [-0.3, -0.25) is 4.79 Å². The Morgan fingerprint density at radius 1 is 0.568 bits per heavy atom. The topological polar surface area (TPSA) is 83.5 Å². The van der Waals surface area contributed by atoms with E-state index in [2.05, 4.69) is 6.92 Å². The van der Waals surface area contributed by atoms with Gasteiger partial charge in [0, 0.05) is 13.0 Å². The molecule has 221 valence electrons. The van der Waals surface area contributed by atoms with Gasteiger partial charge in [-0.1, -0.05) is 64.7 Å². The molecule has 0 bridgehead atoms. The molecule has 0 amide bonds. The fourth-order valence-corrected chi connectivity index (χ4v) is 3.86. The van der Waals surface area contributed by atoms with Crippen LogP contribution in [0.5, 0.6) is 0 Å². The molecule has 0 rings (SSSR count). The van der Waals surface area contributed by atoms with Gasteiger partial charge in [0.2, 0.25) is 0 Å². The smallest absolute Gasteiger partial charge is 0.303 e. The monoisotopic (exact) mass is 531 g/mol. The molecule has 7 heteroatoms. The zero-order valence-corrected chi connectivity index (χ0v) is 24.9. The van der Waals surface area contributed by atoms with Crippen molar-refractivity contribution in [1.29, 1.82) is 0 Å². The molecule has 0 saturated carbocycles. The third kappa shape index (κ3) is 26.7. The molecule has 0 aliphatic carbocycles. The average molecular weight is 532 g/mol. The van der Waals surface area contributed by atoms with E-state index in [-0.39, 0.29) is 30.5 Å². The second kappa shape index (κ2) is 25.5. The van der Waals surface area contributed by atoms with E-state index in [9.17, 15) is 4.79 Å². The molecule has 0 aromatic rings. The lowest BCUT2D eigenvalue weighted by Crippen LogP contribution is -2.28. The molecule has 0 saturated heterocycles. The van der Waals surface area contributed by atoms with E-state index >= 15 is 0 Å². The van der Waals surface area contributed by atoms with Crippen LogP contribution in [0.1, 0.15) is 119 Å². The maximum Gasteiger partial charge on any atom is 0.303 e. The van der Waals surface area contributed by atoms with Crippen LogP contribution in [0.15, 0.2) is 0 Å². The van der Waals surface area contributed by atoms with Crippen LogP contribution < -0.4 is 0 Å². The Morgan fingerprint density at radius 3 is 1.32 bits per heavy atom. The number of hydrogen-bond acceptors (Lipinski definition) is 6. The van der Waals surface area contributed by atoms with Crippen LogP contribution in [-0.2, 0) is 28.5 Å². The predicted octanol–water partition coefficient (Wildman–Crippen LogP) is 7.00. The number of ether oxygens (including phenoxy) is 5. The zero-order chi connectivity index (χ0) is 27.7. The van der Waals surface area contributed by atoms with Crippen LogP contribution in [0.25, 0.3) is 0 Å². The van der Waals surface area contributed by atoms with Crippen molar-refractivity contribution in [2.24, 2.45) is 0 Å². The normalized spacial score (nSPS) is 15.8. The molecule has 0 spiro atoms. The fourth-order valence-electron chi connectivity index (χ4n) is 3.86. The summed E-state index contributed by atoms with van der Waals surface area (Å²) in [4.78, 5) is 10.5. The minimum absolute atomic E-state index is 0.00576. The molecule has 0 aliphatic rings. The van der Waals surface area contributed by atoms with Crippen molar-refractivity contribution in [1.82, 2.24) is 0 Å². The van der Waals surface area contributed by atoms with Crippen LogP contribution in [0.4, 0.5) is 0 Å². The predicted molar refractivity (Wildman–Crippen MR) is 150 cm³/mol. The van der Waals surface area contributed by atoms with Crippen LogP contribution in [0.3, 0.4) is 0 Å². The number of unbranched alkanes of at least 4 members (excludes halogenated alkanes) is 9. The summed E-state index contributed by atoms with van der Waals surface area (Å²) in [6.45, 7) is 15.1. The Hall–Kier alpha value is -0.730. The van der Waals surface area contributed by atoms with Crippen molar-refractivity contribution in [3.63, 3.8) is 0 Å². The maximum atomic E-state index is 10.5. The first kappa shape index (κ1) is 36.3. The molecule has 37 heavy (non-hydrogen) atoms. The standard InChI is InChI=1S/C30H59O7/c1-7-20-33-26(3)21-35-28(5)23-37-29(6)24-36-27(4)22-34-25(2)18-16-14-12-10-8-9-11-13-15-17-19-30(31)32/h7,25-29H,8-24H2,1-6H3,(H,31,32). The summed E-state index contributed by atoms with van der Waals surface area (Å²) in [6.07, 6.45) is 15.7. The van der Waals surface area contributed by atoms with Crippen LogP contribution in [0.2, 0.25) is 0 Å². The molecule has 1 radical (unpaired) electrons. The summed E-state index contributed by atoms with van der Waals surface area (Å²) < 4.78 is 29.1. The van der Waals surface area contributed by atoms with Crippen molar-refractivity contribution in [2.75, 3.05) is 33.0 Å². The highest BCUT2D eigenvalue weighted by Gasteiger charge is 2.12. The van der Waals surface area contributed by atoms with Crippen LogP contribution in [0, 0.1) is 6.42 Å². The molecule has 7 nitrogen and oxygen atoms in total. The molecule has 5 atom stereocenters. The highest BCUT2D eigenvalue weighted by atomic mass is 16.6. The van der Waals surface area contributed by atoms with E-state index in [0.29, 0.717) is 39.5 Å². The second-order valence-electron chi connectivity index (χ2n) is 10.6. The molecule has 0 aromatic carbocycles. The highest BCUT2D eigenvalue weighted by molar-refractivity contribution is 5.66. The summed E-state index contributed by atoms with van der Waals surface area (Å²) in [5, 5.41) is 8.63. The number of hydrogen-bond donors (Lipinski definition) is 1. The Labute approximate surface area is 228 Å². The van der Waals surface area contributed by atoms with Crippen molar-refractivity contribution in [3.8, 4) is 0 Å². The highest BCUT2D eigenvalue weighted by Crippen LogP contribution is 2.13. The Bertz CT molecular complexity index is 502. The Kier molecular flexibility index (Phi) is 25.0. The molecule has 0 aliphatic heterocycles. The van der Waals surface area contributed by atoms with Crippen molar-refractivity contribution in [2.45, 2.75) is 149 Å². The Balaban J connectivity index is 3.57. The zero-order valence-electron chi connectivity index (χ0n) is 24.9. The third-order valence-corrected chi connectivity index (χ3v) is 6.26. The van der Waals surface area contributed by atoms with Gasteiger partial charge in [-0.05, 0) is 53.9 Å². The number of carboxylic acids is 1. The SMILES string of the molecule is C[CH]COC(C)COC(C)COC(C)COC(C)COC(C)CCCCCCCCCCCCC(=O)O. The summed E-state index contributed by atoms with van der Waals surface area (Å²) in [5.74, 6) is -0.677. The molecule has 0 heterocycles. The minimum atomic E-state index is -0.677. The first-order valence-electron chi connectivity index (χ1n) is 14.8. The second-order valence-corrected chi connectivity index (χ2v) is 10.6. The molecule has 0 fully saturated rings. The molecule has 5 unspecified atom stereocenters. The van der Waals surface area contributed by atoms with E-state index in [0.717, 1.165) is 19.3 Å². The van der Waals surface area contributed by atoms with Gasteiger partial charge in [0.15, 0.2) is 0 Å². The number of aliphatic carboxylic acids is 1. The van der Waals surface area contributed by atoms with E-state index in [1.54, 1.807) is 0 Å². The molecular weight excluding hydrogens is 472 g/mol. The van der Waals surface area contributed by atoms with Gasteiger partial charge < -0.3 is 28.8 Å². The first-order valence-corrected chi connectivity index (χ1v) is 14.8. The van der Waals surface area contributed by atoms with Crippen LogP contribution >= 0.6 is 0 Å². The van der Waals surface area contributed by atoms with Gasteiger partial charge in [0.1, 0.15) is 0 Å². The van der Waals surface area contributed by atoms with Gasteiger partial charge in [0.25, 0.3) is 0 Å². The largest absolute Gasteiger partial charge is 0.481 e. The van der Waals surface area contributed by atoms with E-state index in [1.807, 2.05) is 41.0 Å². The number of carboxylic acid groups (broad SMARTS) is 1. The van der Waals surface area contributed by atoms with E-state index < -0.39 is 5.97 Å². The molecule has 1 N–H and O–H groups in total. The Morgan fingerprint density at radius 2 is 0.919 bits per heavy atom. The van der Waals surface area contributed by atoms with Gasteiger partial charge in [-0.15, -0.1) is 0 Å².